The van der Waals surface area contributed by atoms with Crippen molar-refractivity contribution in [1.29, 1.82) is 0 Å². The summed E-state index contributed by atoms with van der Waals surface area (Å²) in [6, 6.07) is 2.60. The number of aromatic nitrogens is 6. The van der Waals surface area contributed by atoms with E-state index in [-0.39, 0.29) is 12.0 Å². The summed E-state index contributed by atoms with van der Waals surface area (Å²) in [4.78, 5) is 27.2. The zero-order valence-electron chi connectivity index (χ0n) is 18.0. The van der Waals surface area contributed by atoms with Gasteiger partial charge in [-0.3, -0.25) is 4.68 Å². The fraction of sp³-hybridized carbons (Fsp3) is 0.409. The molecule has 4 heterocycles. The minimum absolute atomic E-state index is 0.142. The second-order valence-corrected chi connectivity index (χ2v) is 9.48. The molecule has 0 aliphatic heterocycles. The molecule has 31 heavy (non-hydrogen) atoms. The molecule has 4 aromatic heterocycles. The summed E-state index contributed by atoms with van der Waals surface area (Å²) in [7, 11) is 1.94. The van der Waals surface area contributed by atoms with Gasteiger partial charge in [-0.2, -0.15) is 5.10 Å². The van der Waals surface area contributed by atoms with Gasteiger partial charge >= 0.3 is 0 Å². The second-order valence-electron chi connectivity index (χ2n) is 8.48. The van der Waals surface area contributed by atoms with E-state index < -0.39 is 0 Å². The first kappa shape index (κ1) is 19.9. The van der Waals surface area contributed by atoms with Gasteiger partial charge in [-0.1, -0.05) is 0 Å². The molecule has 1 fully saturated rings. The number of anilines is 1. The summed E-state index contributed by atoms with van der Waals surface area (Å²) >= 11 is 1.63. The highest BCUT2D eigenvalue weighted by atomic mass is 32.1. The summed E-state index contributed by atoms with van der Waals surface area (Å²) in [5.74, 6) is 2.26. The van der Waals surface area contributed by atoms with Crippen LogP contribution in [0.5, 0.6) is 0 Å². The van der Waals surface area contributed by atoms with Gasteiger partial charge in [0.05, 0.1) is 10.3 Å². The number of hydrogen-bond donors (Lipinski definition) is 1. The van der Waals surface area contributed by atoms with Crippen LogP contribution in [0, 0.1) is 12.8 Å². The predicted molar refractivity (Wildman–Crippen MR) is 122 cm³/mol. The lowest BCUT2D eigenvalue weighted by molar-refractivity contribution is -0.113. The van der Waals surface area contributed by atoms with E-state index in [4.69, 9.17) is 15.1 Å². The van der Waals surface area contributed by atoms with Gasteiger partial charge in [0.15, 0.2) is 11.6 Å². The minimum Gasteiger partial charge on any atom is -0.367 e. The molecule has 0 aromatic carbocycles. The molecular formula is C22H25N7OS. The molecule has 1 aliphatic rings. The van der Waals surface area contributed by atoms with Crippen LogP contribution >= 0.6 is 11.3 Å². The van der Waals surface area contributed by atoms with Crippen molar-refractivity contribution in [1.82, 2.24) is 29.3 Å². The smallest absolute Gasteiger partial charge is 0.199 e. The quantitative estimate of drug-likeness (QED) is 0.456. The first-order chi connectivity index (χ1) is 14.9. The monoisotopic (exact) mass is 435 g/mol. The van der Waals surface area contributed by atoms with Crippen LogP contribution in [-0.4, -0.2) is 41.6 Å². The van der Waals surface area contributed by atoms with E-state index >= 15 is 0 Å². The molecule has 5 rings (SSSR count). The standard InChI is InChI=1S/C22H25N7OS/c1-12(2)29-7-5-16(27-29)18-13(3)17-19(24-15-9-14(10-15)11-30)25-20(26-22(17)31-18)21-23-6-8-28(21)4/h5-8,11-12,14-15H,9-10H2,1-4H3,(H,24,25,26)/t14-,15-. The summed E-state index contributed by atoms with van der Waals surface area (Å²) in [6.45, 7) is 6.34. The highest BCUT2D eigenvalue weighted by molar-refractivity contribution is 7.22. The maximum Gasteiger partial charge on any atom is 0.199 e. The summed E-state index contributed by atoms with van der Waals surface area (Å²) in [6.07, 6.45) is 8.37. The van der Waals surface area contributed by atoms with E-state index in [2.05, 4.69) is 37.1 Å². The van der Waals surface area contributed by atoms with E-state index in [0.717, 1.165) is 57.1 Å². The van der Waals surface area contributed by atoms with E-state index in [1.807, 2.05) is 28.7 Å². The van der Waals surface area contributed by atoms with Gasteiger partial charge in [-0.05, 0) is 45.2 Å². The molecule has 8 nitrogen and oxygen atoms in total. The topological polar surface area (TPSA) is 90.5 Å². The Kier molecular flexibility index (Phi) is 4.85. The summed E-state index contributed by atoms with van der Waals surface area (Å²) in [5.41, 5.74) is 2.07. The number of nitrogens with zero attached hydrogens (tertiary/aromatic N) is 6. The highest BCUT2D eigenvalue weighted by Crippen LogP contribution is 2.41. The normalized spacial score (nSPS) is 18.5. The molecular weight excluding hydrogens is 410 g/mol. The largest absolute Gasteiger partial charge is 0.367 e. The Labute approximate surface area is 184 Å². The van der Waals surface area contributed by atoms with Gasteiger partial charge in [-0.15, -0.1) is 11.3 Å². The molecule has 1 N–H and O–H groups in total. The number of imidazole rings is 1. The Morgan fingerprint density at radius 1 is 1.26 bits per heavy atom. The lowest BCUT2D eigenvalue weighted by Gasteiger charge is -2.32. The van der Waals surface area contributed by atoms with Crippen LogP contribution in [0.2, 0.25) is 0 Å². The molecule has 160 valence electrons. The fourth-order valence-electron chi connectivity index (χ4n) is 4.00. The van der Waals surface area contributed by atoms with Gasteiger partial charge in [-0.25, -0.2) is 15.0 Å². The molecule has 0 bridgehead atoms. The second kappa shape index (κ2) is 7.56. The van der Waals surface area contributed by atoms with Gasteiger partial charge < -0.3 is 14.7 Å². The number of carbonyl (C=O) groups is 1. The van der Waals surface area contributed by atoms with Gasteiger partial charge in [0.2, 0.25) is 0 Å². The minimum atomic E-state index is 0.142. The SMILES string of the molecule is Cc1c(-c2ccn(C(C)C)n2)sc2nc(-c3nccn3C)nc(N[C@H]3C[C@H](C=O)C3)c12. The molecule has 1 aliphatic carbocycles. The van der Waals surface area contributed by atoms with Crippen molar-refractivity contribution in [3.05, 3.63) is 30.2 Å². The average molecular weight is 436 g/mol. The third-order valence-corrected chi connectivity index (χ3v) is 7.10. The first-order valence-corrected chi connectivity index (χ1v) is 11.3. The van der Waals surface area contributed by atoms with E-state index in [1.54, 1.807) is 17.5 Å². The van der Waals surface area contributed by atoms with E-state index in [0.29, 0.717) is 11.9 Å². The lowest BCUT2D eigenvalue weighted by Crippen LogP contribution is -2.36. The van der Waals surface area contributed by atoms with Crippen molar-refractivity contribution >= 4 is 33.7 Å². The van der Waals surface area contributed by atoms with Crippen LogP contribution in [0.15, 0.2) is 24.7 Å². The van der Waals surface area contributed by atoms with Crippen LogP contribution in [-0.2, 0) is 11.8 Å². The number of aldehydes is 1. The number of thiophene rings is 1. The number of fused-ring (bicyclic) bond motifs is 1. The maximum absolute atomic E-state index is 11.0. The van der Waals surface area contributed by atoms with Crippen LogP contribution in [0.1, 0.15) is 38.3 Å². The van der Waals surface area contributed by atoms with Crippen molar-refractivity contribution in [3.63, 3.8) is 0 Å². The first-order valence-electron chi connectivity index (χ1n) is 10.5. The highest BCUT2D eigenvalue weighted by Gasteiger charge is 2.30. The number of hydrogen-bond acceptors (Lipinski definition) is 7. The van der Waals surface area contributed by atoms with Crippen molar-refractivity contribution in [2.75, 3.05) is 5.32 Å². The number of carbonyl (C=O) groups excluding carboxylic acids is 1. The van der Waals surface area contributed by atoms with E-state index in [1.165, 1.54) is 0 Å². The maximum atomic E-state index is 11.0. The van der Waals surface area contributed by atoms with Crippen molar-refractivity contribution < 1.29 is 4.79 Å². The molecule has 4 aromatic rings. The zero-order chi connectivity index (χ0) is 21.7. The van der Waals surface area contributed by atoms with Gasteiger partial charge in [0, 0.05) is 43.6 Å². The predicted octanol–water partition coefficient (Wildman–Crippen LogP) is 4.23. The van der Waals surface area contributed by atoms with Crippen molar-refractivity contribution in [2.45, 2.75) is 45.7 Å². The van der Waals surface area contributed by atoms with Crippen LogP contribution < -0.4 is 5.32 Å². The average Bonchev–Trinajstić information content (AvgIpc) is 3.43. The lowest BCUT2D eigenvalue weighted by atomic mass is 9.81. The number of aryl methyl sites for hydroxylation is 2. The Morgan fingerprint density at radius 3 is 2.71 bits per heavy atom. The van der Waals surface area contributed by atoms with Gasteiger partial charge in [0.25, 0.3) is 0 Å². The summed E-state index contributed by atoms with van der Waals surface area (Å²) < 4.78 is 3.89. The van der Waals surface area contributed by atoms with Crippen LogP contribution in [0.3, 0.4) is 0 Å². The molecule has 0 saturated heterocycles. The Balaban J connectivity index is 1.63. The molecule has 0 radical (unpaired) electrons. The number of rotatable bonds is 6. The molecule has 1 saturated carbocycles. The Bertz CT molecular complexity index is 1260. The fourth-order valence-corrected chi connectivity index (χ4v) is 5.15. The third-order valence-electron chi connectivity index (χ3n) is 5.89. The molecule has 0 unspecified atom stereocenters. The Hall–Kier alpha value is -3.07. The van der Waals surface area contributed by atoms with Crippen molar-refractivity contribution in [3.8, 4) is 22.2 Å². The van der Waals surface area contributed by atoms with E-state index in [9.17, 15) is 4.79 Å². The van der Waals surface area contributed by atoms with Crippen LogP contribution in [0.25, 0.3) is 32.4 Å². The summed E-state index contributed by atoms with van der Waals surface area (Å²) in [5, 5.41) is 9.36. The van der Waals surface area contributed by atoms with Crippen LogP contribution in [0.4, 0.5) is 5.82 Å². The molecule has 0 spiro atoms. The molecule has 9 heteroatoms. The molecule has 0 amide bonds. The number of nitrogens with one attached hydrogen (secondary N) is 1. The third kappa shape index (κ3) is 3.42. The Morgan fingerprint density at radius 2 is 2.06 bits per heavy atom. The zero-order valence-corrected chi connectivity index (χ0v) is 18.8. The van der Waals surface area contributed by atoms with Gasteiger partial charge in [0.1, 0.15) is 22.6 Å². The molecule has 0 atom stereocenters. The van der Waals surface area contributed by atoms with Crippen molar-refractivity contribution in [2.24, 2.45) is 13.0 Å².